The molecule has 0 radical (unpaired) electrons. The number of nitrogens with zero attached hydrogens (tertiary/aromatic N) is 3. The Morgan fingerprint density at radius 1 is 1.35 bits per heavy atom. The molecule has 1 aliphatic carbocycles. The largest absolute Gasteiger partial charge is 0.451 e. The number of oxazole rings is 1. The molecule has 1 aromatic rings. The van der Waals surface area contributed by atoms with E-state index in [4.69, 9.17) is 4.74 Å². The summed E-state index contributed by atoms with van der Waals surface area (Å²) in [5.41, 5.74) is -0.0395. The van der Waals surface area contributed by atoms with E-state index in [-0.39, 0.29) is 18.3 Å². The molecule has 2 fully saturated rings. The van der Waals surface area contributed by atoms with E-state index in [2.05, 4.69) is 14.3 Å². The second-order valence-electron chi connectivity index (χ2n) is 6.52. The van der Waals surface area contributed by atoms with Crippen LogP contribution in [0.4, 0.5) is 13.2 Å². The first-order chi connectivity index (χ1) is 10.9. The number of ether oxygens (including phenoxy) is 1. The third-order valence-corrected chi connectivity index (χ3v) is 4.29. The molecule has 5 nitrogen and oxygen atoms in total. The predicted octanol–water partition coefficient (Wildman–Crippen LogP) is 2.24. The van der Waals surface area contributed by atoms with Crippen LogP contribution in [0.3, 0.4) is 0 Å². The van der Waals surface area contributed by atoms with Gasteiger partial charge in [0.2, 0.25) is 5.76 Å². The average molecular weight is 333 g/mol. The van der Waals surface area contributed by atoms with Gasteiger partial charge in [0.05, 0.1) is 12.7 Å². The zero-order valence-corrected chi connectivity index (χ0v) is 13.2. The first-order valence-corrected chi connectivity index (χ1v) is 7.94. The minimum atomic E-state index is -4.50. The molecule has 8 heteroatoms. The monoisotopic (exact) mass is 333 g/mol. The molecule has 1 unspecified atom stereocenters. The predicted molar refractivity (Wildman–Crippen MR) is 76.7 cm³/mol. The van der Waals surface area contributed by atoms with Crippen LogP contribution in [0.1, 0.15) is 24.3 Å². The molecule has 0 spiro atoms. The molecule has 23 heavy (non-hydrogen) atoms. The van der Waals surface area contributed by atoms with E-state index in [0.717, 1.165) is 38.9 Å². The number of rotatable bonds is 6. The van der Waals surface area contributed by atoms with Gasteiger partial charge < -0.3 is 14.1 Å². The standard InChI is InChI=1S/C15H22F3N3O2/c1-20-4-5-22-12(7-20)8-21(6-11-2-3-11)9-13-14(15(16,17)18)23-10-19-13/h10-12H,2-9H2,1H3. The zero-order valence-electron chi connectivity index (χ0n) is 13.2. The van der Waals surface area contributed by atoms with Crippen LogP contribution in [0.15, 0.2) is 10.8 Å². The van der Waals surface area contributed by atoms with Crippen LogP contribution in [0.2, 0.25) is 0 Å². The third kappa shape index (κ3) is 4.68. The molecule has 1 atom stereocenters. The lowest BCUT2D eigenvalue weighted by Gasteiger charge is -2.33. The van der Waals surface area contributed by atoms with Crippen LogP contribution in [-0.4, -0.2) is 60.7 Å². The maximum Gasteiger partial charge on any atom is 0.451 e. The van der Waals surface area contributed by atoms with Crippen molar-refractivity contribution in [3.05, 3.63) is 17.8 Å². The summed E-state index contributed by atoms with van der Waals surface area (Å²) in [5, 5.41) is 0. The Hall–Kier alpha value is -1.12. The minimum absolute atomic E-state index is 0.0220. The number of hydrogen-bond donors (Lipinski definition) is 0. The number of aromatic nitrogens is 1. The number of morpholine rings is 1. The highest BCUT2D eigenvalue weighted by Gasteiger charge is 2.39. The van der Waals surface area contributed by atoms with Crippen LogP contribution in [0.25, 0.3) is 0 Å². The molecule has 1 saturated carbocycles. The molecule has 2 aliphatic rings. The molecule has 1 aromatic heterocycles. The fourth-order valence-electron chi connectivity index (χ4n) is 2.96. The van der Waals surface area contributed by atoms with Gasteiger partial charge in [-0.2, -0.15) is 13.2 Å². The van der Waals surface area contributed by atoms with Gasteiger partial charge in [-0.15, -0.1) is 0 Å². The Morgan fingerprint density at radius 2 is 2.13 bits per heavy atom. The van der Waals surface area contributed by atoms with Crippen molar-refractivity contribution >= 4 is 0 Å². The molecule has 2 heterocycles. The fourth-order valence-corrected chi connectivity index (χ4v) is 2.96. The lowest BCUT2D eigenvalue weighted by atomic mass is 10.2. The van der Waals surface area contributed by atoms with E-state index in [1.807, 2.05) is 11.9 Å². The lowest BCUT2D eigenvalue weighted by molar-refractivity contribution is -0.154. The van der Waals surface area contributed by atoms with E-state index in [1.54, 1.807) is 0 Å². The van der Waals surface area contributed by atoms with E-state index >= 15 is 0 Å². The quantitative estimate of drug-likeness (QED) is 0.799. The Morgan fingerprint density at radius 3 is 2.78 bits per heavy atom. The van der Waals surface area contributed by atoms with Crippen LogP contribution in [0.5, 0.6) is 0 Å². The Labute approximate surface area is 133 Å². The molecule has 1 aliphatic heterocycles. The van der Waals surface area contributed by atoms with Gasteiger partial charge in [-0.25, -0.2) is 4.98 Å². The Kier molecular flexibility index (Phi) is 4.93. The minimum Gasteiger partial charge on any atom is -0.439 e. The summed E-state index contributed by atoms with van der Waals surface area (Å²) in [5.74, 6) is -0.405. The van der Waals surface area contributed by atoms with Gasteiger partial charge in [-0.3, -0.25) is 4.90 Å². The summed E-state index contributed by atoms with van der Waals surface area (Å²) in [4.78, 5) is 7.98. The molecule has 0 N–H and O–H groups in total. The zero-order chi connectivity index (χ0) is 16.4. The SMILES string of the molecule is CN1CCOC(CN(Cc2ncoc2C(F)(F)F)CC2CC2)C1. The van der Waals surface area contributed by atoms with Crippen molar-refractivity contribution in [3.63, 3.8) is 0 Å². The molecular weight excluding hydrogens is 311 g/mol. The average Bonchev–Trinajstić information content (AvgIpc) is 3.12. The third-order valence-electron chi connectivity index (χ3n) is 4.29. The highest BCUT2D eigenvalue weighted by Crippen LogP contribution is 2.34. The number of hydrogen-bond acceptors (Lipinski definition) is 5. The second kappa shape index (κ2) is 6.78. The van der Waals surface area contributed by atoms with Crippen molar-refractivity contribution in [2.45, 2.75) is 31.7 Å². The lowest BCUT2D eigenvalue weighted by Crippen LogP contribution is -2.46. The summed E-state index contributed by atoms with van der Waals surface area (Å²) >= 11 is 0. The number of halogens is 3. The van der Waals surface area contributed by atoms with Gasteiger partial charge in [0, 0.05) is 32.7 Å². The molecule has 130 valence electrons. The molecule has 3 rings (SSSR count). The number of alkyl halides is 3. The van der Waals surface area contributed by atoms with Crippen molar-refractivity contribution in [3.8, 4) is 0 Å². The van der Waals surface area contributed by atoms with Gasteiger partial charge >= 0.3 is 6.18 Å². The first-order valence-electron chi connectivity index (χ1n) is 7.94. The van der Waals surface area contributed by atoms with Crippen molar-refractivity contribution in [1.29, 1.82) is 0 Å². The highest BCUT2D eigenvalue weighted by atomic mass is 19.4. The number of likely N-dealkylation sites (N-methyl/N-ethyl adjacent to an activating group) is 1. The Balaban J connectivity index is 1.65. The second-order valence-corrected chi connectivity index (χ2v) is 6.52. The summed E-state index contributed by atoms with van der Waals surface area (Å²) in [6.45, 7) is 3.90. The summed E-state index contributed by atoms with van der Waals surface area (Å²) in [6.07, 6.45) is -1.31. The molecule has 0 aromatic carbocycles. The van der Waals surface area contributed by atoms with E-state index in [1.165, 1.54) is 0 Å². The van der Waals surface area contributed by atoms with Crippen molar-refractivity contribution in [2.75, 3.05) is 39.8 Å². The normalized spacial score (nSPS) is 23.6. The van der Waals surface area contributed by atoms with Crippen LogP contribution >= 0.6 is 0 Å². The molecular formula is C15H22F3N3O2. The van der Waals surface area contributed by atoms with E-state index in [0.29, 0.717) is 19.1 Å². The van der Waals surface area contributed by atoms with Gasteiger partial charge in [0.25, 0.3) is 0 Å². The Bertz CT molecular complexity index is 516. The molecule has 0 amide bonds. The van der Waals surface area contributed by atoms with Crippen molar-refractivity contribution < 1.29 is 22.3 Å². The summed E-state index contributed by atoms with van der Waals surface area (Å²) in [6, 6.07) is 0. The fraction of sp³-hybridized carbons (Fsp3) is 0.800. The van der Waals surface area contributed by atoms with Gasteiger partial charge in [-0.1, -0.05) is 0 Å². The van der Waals surface area contributed by atoms with Crippen molar-refractivity contribution in [1.82, 2.24) is 14.8 Å². The van der Waals surface area contributed by atoms with Gasteiger partial charge in [0.1, 0.15) is 5.69 Å². The van der Waals surface area contributed by atoms with Gasteiger partial charge in [0.15, 0.2) is 6.39 Å². The van der Waals surface area contributed by atoms with Crippen LogP contribution < -0.4 is 0 Å². The van der Waals surface area contributed by atoms with Crippen molar-refractivity contribution in [2.24, 2.45) is 5.92 Å². The summed E-state index contributed by atoms with van der Waals surface area (Å²) < 4.78 is 49.1. The molecule has 0 bridgehead atoms. The van der Waals surface area contributed by atoms with Gasteiger partial charge in [-0.05, 0) is 25.8 Å². The maximum atomic E-state index is 12.9. The van der Waals surface area contributed by atoms with E-state index in [9.17, 15) is 13.2 Å². The van der Waals surface area contributed by atoms with Crippen LogP contribution in [-0.2, 0) is 17.5 Å². The van der Waals surface area contributed by atoms with E-state index < -0.39 is 11.9 Å². The van der Waals surface area contributed by atoms with Crippen LogP contribution in [0, 0.1) is 5.92 Å². The smallest absolute Gasteiger partial charge is 0.439 e. The molecule has 1 saturated heterocycles. The highest BCUT2D eigenvalue weighted by molar-refractivity contribution is 5.11. The summed E-state index contributed by atoms with van der Waals surface area (Å²) in [7, 11) is 2.03. The topological polar surface area (TPSA) is 41.7 Å². The first kappa shape index (κ1) is 16.7. The maximum absolute atomic E-state index is 12.9.